The third-order valence-electron chi connectivity index (χ3n) is 1.90. The number of carbonyl (C=O) groups is 2. The maximum Gasteiger partial charge on any atom is 0.573 e. The molecule has 1 rings (SSSR count). The van der Waals surface area contributed by atoms with Crippen LogP contribution in [0.4, 0.5) is 18.9 Å². The van der Waals surface area contributed by atoms with Crippen molar-refractivity contribution in [2.45, 2.75) is 6.36 Å². The molecule has 1 aromatic carbocycles. The highest BCUT2D eigenvalue weighted by Crippen LogP contribution is 2.29. The fourth-order valence-corrected chi connectivity index (χ4v) is 1.16. The van der Waals surface area contributed by atoms with Crippen molar-refractivity contribution >= 4 is 17.5 Å². The van der Waals surface area contributed by atoms with Gasteiger partial charge < -0.3 is 15.4 Å². The fraction of sp³-hybridized carbons (Fsp3) is 0.182. The van der Waals surface area contributed by atoms with Crippen LogP contribution in [-0.2, 0) is 9.59 Å². The van der Waals surface area contributed by atoms with Crippen molar-refractivity contribution in [3.8, 4) is 11.8 Å². The van der Waals surface area contributed by atoms with Gasteiger partial charge in [-0.1, -0.05) is 12.1 Å². The van der Waals surface area contributed by atoms with Crippen LogP contribution in [0.1, 0.15) is 0 Å². The van der Waals surface area contributed by atoms with E-state index in [0.717, 1.165) is 12.1 Å². The second-order valence-electron chi connectivity index (χ2n) is 3.34. The monoisotopic (exact) mass is 287 g/mol. The Morgan fingerprint density at radius 3 is 2.50 bits per heavy atom. The zero-order valence-corrected chi connectivity index (χ0v) is 9.82. The van der Waals surface area contributed by atoms with E-state index in [1.54, 1.807) is 6.07 Å². The van der Waals surface area contributed by atoms with Crippen LogP contribution >= 0.6 is 0 Å². The number of nitriles is 1. The zero-order valence-electron chi connectivity index (χ0n) is 9.82. The molecule has 0 aromatic heterocycles. The van der Waals surface area contributed by atoms with Gasteiger partial charge in [0.1, 0.15) is 6.54 Å². The Morgan fingerprint density at radius 1 is 1.25 bits per heavy atom. The van der Waals surface area contributed by atoms with E-state index >= 15 is 0 Å². The van der Waals surface area contributed by atoms with Gasteiger partial charge in [0.25, 0.3) is 0 Å². The lowest BCUT2D eigenvalue weighted by Gasteiger charge is -2.13. The summed E-state index contributed by atoms with van der Waals surface area (Å²) < 4.78 is 40.1. The van der Waals surface area contributed by atoms with Gasteiger partial charge in [-0.2, -0.15) is 5.26 Å². The topological polar surface area (TPSA) is 91.2 Å². The molecule has 0 unspecified atom stereocenters. The van der Waals surface area contributed by atoms with Crippen LogP contribution in [0.2, 0.25) is 0 Å². The Morgan fingerprint density at radius 2 is 1.90 bits per heavy atom. The van der Waals surface area contributed by atoms with Crippen LogP contribution in [0.25, 0.3) is 0 Å². The predicted molar refractivity (Wildman–Crippen MR) is 60.4 cm³/mol. The first-order valence-corrected chi connectivity index (χ1v) is 5.14. The number of para-hydroxylation sites is 2. The molecule has 0 atom stereocenters. The number of hydrogen-bond acceptors (Lipinski definition) is 4. The number of halogens is 3. The lowest BCUT2D eigenvalue weighted by molar-refractivity contribution is -0.274. The summed E-state index contributed by atoms with van der Waals surface area (Å²) in [5.41, 5.74) is -0.318. The maximum atomic E-state index is 12.1. The first-order chi connectivity index (χ1) is 9.33. The van der Waals surface area contributed by atoms with Crippen LogP contribution in [0.3, 0.4) is 0 Å². The molecule has 2 N–H and O–H groups in total. The van der Waals surface area contributed by atoms with Gasteiger partial charge in [-0.15, -0.1) is 13.2 Å². The molecule has 0 saturated heterocycles. The summed E-state index contributed by atoms with van der Waals surface area (Å²) in [5, 5.41) is 12.1. The normalized spacial score (nSPS) is 10.3. The summed E-state index contributed by atoms with van der Waals surface area (Å²) >= 11 is 0. The van der Waals surface area contributed by atoms with Crippen LogP contribution in [0.15, 0.2) is 24.3 Å². The molecule has 9 heteroatoms. The minimum atomic E-state index is -4.93. The molecule has 20 heavy (non-hydrogen) atoms. The van der Waals surface area contributed by atoms with Gasteiger partial charge >= 0.3 is 18.2 Å². The highest BCUT2D eigenvalue weighted by Gasteiger charge is 2.32. The second-order valence-corrected chi connectivity index (χ2v) is 3.34. The van der Waals surface area contributed by atoms with Crippen LogP contribution < -0.4 is 15.4 Å². The quantitative estimate of drug-likeness (QED) is 0.644. The summed E-state index contributed by atoms with van der Waals surface area (Å²) in [4.78, 5) is 22.5. The average molecular weight is 287 g/mol. The molecule has 1 aromatic rings. The molecular weight excluding hydrogens is 279 g/mol. The zero-order chi connectivity index (χ0) is 15.2. The molecule has 0 bridgehead atoms. The highest BCUT2D eigenvalue weighted by molar-refractivity contribution is 6.39. The largest absolute Gasteiger partial charge is 0.573 e. The van der Waals surface area contributed by atoms with Crippen molar-refractivity contribution in [1.82, 2.24) is 5.32 Å². The van der Waals surface area contributed by atoms with Gasteiger partial charge in [0.05, 0.1) is 11.8 Å². The Labute approximate surface area is 111 Å². The minimum Gasteiger partial charge on any atom is -0.404 e. The Balaban J connectivity index is 2.80. The number of benzene rings is 1. The van der Waals surface area contributed by atoms with Crippen molar-refractivity contribution in [2.24, 2.45) is 0 Å². The first-order valence-electron chi connectivity index (χ1n) is 5.14. The van der Waals surface area contributed by atoms with Gasteiger partial charge in [0.15, 0.2) is 5.75 Å². The lowest BCUT2D eigenvalue weighted by atomic mass is 10.3. The molecular formula is C11H8F3N3O3. The number of nitrogens with zero attached hydrogens (tertiary/aromatic N) is 1. The SMILES string of the molecule is N#CCNC(=O)C(=O)Nc1ccccc1OC(F)(F)F. The molecule has 0 aliphatic rings. The van der Waals surface area contributed by atoms with E-state index < -0.39 is 30.5 Å². The Hall–Kier alpha value is -2.76. The molecule has 2 amide bonds. The van der Waals surface area contributed by atoms with E-state index in [9.17, 15) is 22.8 Å². The molecule has 0 aliphatic heterocycles. The first kappa shape index (κ1) is 15.3. The van der Waals surface area contributed by atoms with Crippen molar-refractivity contribution in [3.63, 3.8) is 0 Å². The molecule has 0 heterocycles. The van der Waals surface area contributed by atoms with Gasteiger partial charge in [0, 0.05) is 0 Å². The van der Waals surface area contributed by atoms with E-state index in [2.05, 4.69) is 4.74 Å². The number of ether oxygens (including phenoxy) is 1. The Bertz CT molecular complexity index is 552. The number of hydrogen-bond donors (Lipinski definition) is 2. The van der Waals surface area contributed by atoms with E-state index in [-0.39, 0.29) is 5.69 Å². The average Bonchev–Trinajstić information content (AvgIpc) is 2.36. The summed E-state index contributed by atoms with van der Waals surface area (Å²) in [6.45, 7) is -0.396. The third kappa shape index (κ3) is 4.85. The molecule has 0 fully saturated rings. The summed E-state index contributed by atoms with van der Waals surface area (Å²) in [6, 6.07) is 6.32. The minimum absolute atomic E-state index is 0.318. The maximum absolute atomic E-state index is 12.1. The summed E-state index contributed by atoms with van der Waals surface area (Å²) in [7, 11) is 0. The smallest absolute Gasteiger partial charge is 0.404 e. The van der Waals surface area contributed by atoms with Crippen molar-refractivity contribution in [3.05, 3.63) is 24.3 Å². The third-order valence-corrected chi connectivity index (χ3v) is 1.90. The van der Waals surface area contributed by atoms with Crippen LogP contribution in [-0.4, -0.2) is 24.7 Å². The number of anilines is 1. The number of carbonyl (C=O) groups excluding carboxylic acids is 2. The number of alkyl halides is 3. The van der Waals surface area contributed by atoms with E-state index in [1.165, 1.54) is 12.1 Å². The van der Waals surface area contributed by atoms with Crippen molar-refractivity contribution < 1.29 is 27.5 Å². The predicted octanol–water partition coefficient (Wildman–Crippen LogP) is 1.16. The van der Waals surface area contributed by atoms with E-state index in [0.29, 0.717) is 0 Å². The standard InChI is InChI=1S/C11H8F3N3O3/c12-11(13,14)20-8-4-2-1-3-7(8)17-10(19)9(18)16-6-5-15/h1-4H,6H2,(H,16,18)(H,17,19). The molecule has 0 radical (unpaired) electrons. The Kier molecular flexibility index (Phi) is 4.91. The van der Waals surface area contributed by atoms with Gasteiger partial charge in [-0.3, -0.25) is 9.59 Å². The number of amides is 2. The molecule has 106 valence electrons. The number of nitrogens with one attached hydrogen (secondary N) is 2. The van der Waals surface area contributed by atoms with Gasteiger partial charge in [-0.05, 0) is 12.1 Å². The second kappa shape index (κ2) is 6.42. The van der Waals surface area contributed by atoms with Crippen LogP contribution in [0.5, 0.6) is 5.75 Å². The molecule has 6 nitrogen and oxygen atoms in total. The molecule has 0 saturated carbocycles. The van der Waals surface area contributed by atoms with Crippen molar-refractivity contribution in [2.75, 3.05) is 11.9 Å². The molecule has 0 spiro atoms. The van der Waals surface area contributed by atoms with E-state index in [1.807, 2.05) is 10.6 Å². The number of rotatable bonds is 3. The summed E-state index contributed by atoms with van der Waals surface area (Å²) in [6.07, 6.45) is -4.93. The van der Waals surface area contributed by atoms with Crippen molar-refractivity contribution in [1.29, 1.82) is 5.26 Å². The van der Waals surface area contributed by atoms with Gasteiger partial charge in [-0.25, -0.2) is 0 Å². The summed E-state index contributed by atoms with van der Waals surface area (Å²) in [5.74, 6) is -3.01. The lowest BCUT2D eigenvalue weighted by Crippen LogP contribution is -2.35. The fourth-order valence-electron chi connectivity index (χ4n) is 1.16. The van der Waals surface area contributed by atoms with Gasteiger partial charge in [0.2, 0.25) is 0 Å². The molecule has 0 aliphatic carbocycles. The highest BCUT2D eigenvalue weighted by atomic mass is 19.4. The van der Waals surface area contributed by atoms with E-state index in [4.69, 9.17) is 5.26 Å². The van der Waals surface area contributed by atoms with Crippen LogP contribution in [0, 0.1) is 11.3 Å².